The molecule has 0 aliphatic carbocycles. The highest BCUT2D eigenvalue weighted by Crippen LogP contribution is 2.25. The number of amides is 2. The van der Waals surface area contributed by atoms with E-state index < -0.39 is 0 Å². The number of pyridine rings is 1. The summed E-state index contributed by atoms with van der Waals surface area (Å²) in [6.07, 6.45) is 3.08. The third kappa shape index (κ3) is 4.82. The van der Waals surface area contributed by atoms with Gasteiger partial charge in [-0.1, -0.05) is 54.6 Å². The molecule has 5 nitrogen and oxygen atoms in total. The summed E-state index contributed by atoms with van der Waals surface area (Å²) < 4.78 is 0. The summed E-state index contributed by atoms with van der Waals surface area (Å²) in [5.74, 6) is -0.0634. The number of aromatic nitrogens is 1. The van der Waals surface area contributed by atoms with Crippen molar-refractivity contribution in [1.29, 1.82) is 0 Å². The zero-order valence-electron chi connectivity index (χ0n) is 17.7. The Bertz CT molecular complexity index is 1030. The van der Waals surface area contributed by atoms with E-state index >= 15 is 0 Å². The third-order valence-corrected chi connectivity index (χ3v) is 5.92. The fourth-order valence-electron chi connectivity index (χ4n) is 4.12. The number of hydrogen-bond acceptors (Lipinski definition) is 3. The molecule has 5 heteroatoms. The summed E-state index contributed by atoms with van der Waals surface area (Å²) in [7, 11) is 0. The van der Waals surface area contributed by atoms with Crippen LogP contribution in [-0.2, 0) is 4.79 Å². The Morgan fingerprint density at radius 1 is 0.935 bits per heavy atom. The van der Waals surface area contributed by atoms with E-state index in [9.17, 15) is 9.59 Å². The quantitative estimate of drug-likeness (QED) is 0.684. The van der Waals surface area contributed by atoms with Gasteiger partial charge in [0.15, 0.2) is 0 Å². The molecule has 3 aromatic rings. The first-order valence-corrected chi connectivity index (χ1v) is 10.7. The Morgan fingerprint density at radius 2 is 1.58 bits per heavy atom. The average molecular weight is 414 g/mol. The SMILES string of the molecule is Cc1cccnc1C(NC(=O)C1CCN(C(=O)c2ccccc2)CC1)c1ccccc1. The van der Waals surface area contributed by atoms with Crippen LogP contribution < -0.4 is 5.32 Å². The lowest BCUT2D eigenvalue weighted by Crippen LogP contribution is -2.44. The van der Waals surface area contributed by atoms with E-state index in [1.807, 2.05) is 84.6 Å². The van der Waals surface area contributed by atoms with E-state index in [2.05, 4.69) is 10.3 Å². The van der Waals surface area contributed by atoms with Gasteiger partial charge in [0, 0.05) is 30.8 Å². The first-order valence-electron chi connectivity index (χ1n) is 10.7. The summed E-state index contributed by atoms with van der Waals surface area (Å²) in [5, 5.41) is 3.23. The van der Waals surface area contributed by atoms with Crippen molar-refractivity contribution in [2.24, 2.45) is 5.92 Å². The molecule has 2 heterocycles. The fourth-order valence-corrected chi connectivity index (χ4v) is 4.12. The van der Waals surface area contributed by atoms with Crippen molar-refractivity contribution in [2.75, 3.05) is 13.1 Å². The lowest BCUT2D eigenvalue weighted by atomic mass is 9.93. The van der Waals surface area contributed by atoms with Crippen LogP contribution in [0.3, 0.4) is 0 Å². The molecule has 1 aliphatic heterocycles. The number of likely N-dealkylation sites (tertiary alicyclic amines) is 1. The summed E-state index contributed by atoms with van der Waals surface area (Å²) >= 11 is 0. The van der Waals surface area contributed by atoms with Crippen LogP contribution >= 0.6 is 0 Å². The van der Waals surface area contributed by atoms with E-state index in [-0.39, 0.29) is 23.8 Å². The Labute approximate surface area is 183 Å². The van der Waals surface area contributed by atoms with E-state index in [0.717, 1.165) is 16.8 Å². The van der Waals surface area contributed by atoms with Crippen molar-refractivity contribution >= 4 is 11.8 Å². The molecule has 1 unspecified atom stereocenters. The molecule has 0 saturated carbocycles. The zero-order valence-corrected chi connectivity index (χ0v) is 17.7. The van der Waals surface area contributed by atoms with Crippen LogP contribution in [0.25, 0.3) is 0 Å². The van der Waals surface area contributed by atoms with Gasteiger partial charge in [0.2, 0.25) is 5.91 Å². The molecule has 2 aromatic carbocycles. The molecule has 4 rings (SSSR count). The van der Waals surface area contributed by atoms with Crippen LogP contribution in [0.4, 0.5) is 0 Å². The lowest BCUT2D eigenvalue weighted by molar-refractivity contribution is -0.126. The Kier molecular flexibility index (Phi) is 6.41. The van der Waals surface area contributed by atoms with Crippen LogP contribution in [0, 0.1) is 12.8 Å². The van der Waals surface area contributed by atoms with Gasteiger partial charge >= 0.3 is 0 Å². The van der Waals surface area contributed by atoms with Crippen LogP contribution in [0.1, 0.15) is 46.1 Å². The highest BCUT2D eigenvalue weighted by Gasteiger charge is 2.30. The maximum absolute atomic E-state index is 13.2. The molecule has 1 N–H and O–H groups in total. The molecule has 1 atom stereocenters. The van der Waals surface area contributed by atoms with Gasteiger partial charge in [-0.2, -0.15) is 0 Å². The predicted octanol–water partition coefficient (Wildman–Crippen LogP) is 4.15. The maximum atomic E-state index is 13.2. The standard InChI is InChI=1S/C26H27N3O2/c1-19-9-8-16-27-23(19)24(20-10-4-2-5-11-20)28-25(30)21-14-17-29(18-15-21)26(31)22-12-6-3-7-13-22/h2-13,16,21,24H,14-15,17-18H2,1H3,(H,28,30). The van der Waals surface area contributed by atoms with Crippen molar-refractivity contribution in [2.45, 2.75) is 25.8 Å². The van der Waals surface area contributed by atoms with Gasteiger partial charge in [-0.3, -0.25) is 14.6 Å². The van der Waals surface area contributed by atoms with Crippen LogP contribution in [0.2, 0.25) is 0 Å². The van der Waals surface area contributed by atoms with E-state index in [4.69, 9.17) is 0 Å². The number of aryl methyl sites for hydroxylation is 1. The Balaban J connectivity index is 1.44. The number of piperidine rings is 1. The molecule has 1 saturated heterocycles. The molecule has 31 heavy (non-hydrogen) atoms. The van der Waals surface area contributed by atoms with Gasteiger partial charge in [-0.25, -0.2) is 0 Å². The summed E-state index contributed by atoms with van der Waals surface area (Å²) in [6, 6.07) is 22.9. The van der Waals surface area contributed by atoms with E-state index in [1.54, 1.807) is 6.20 Å². The van der Waals surface area contributed by atoms with Crippen LogP contribution in [-0.4, -0.2) is 34.8 Å². The predicted molar refractivity (Wildman–Crippen MR) is 120 cm³/mol. The first kappa shape index (κ1) is 20.8. The van der Waals surface area contributed by atoms with Gasteiger partial charge in [0.1, 0.15) is 0 Å². The minimum atomic E-state index is -0.293. The highest BCUT2D eigenvalue weighted by atomic mass is 16.2. The molecule has 0 spiro atoms. The minimum Gasteiger partial charge on any atom is -0.343 e. The summed E-state index contributed by atoms with van der Waals surface area (Å²) in [5.41, 5.74) is 3.60. The first-order chi connectivity index (χ1) is 15.1. The molecule has 2 amide bonds. The van der Waals surface area contributed by atoms with Crippen molar-refractivity contribution in [3.63, 3.8) is 0 Å². The van der Waals surface area contributed by atoms with Crippen molar-refractivity contribution in [1.82, 2.24) is 15.2 Å². The van der Waals surface area contributed by atoms with Gasteiger partial charge in [-0.15, -0.1) is 0 Å². The summed E-state index contributed by atoms with van der Waals surface area (Å²) in [6.45, 7) is 3.19. The molecule has 1 fully saturated rings. The Morgan fingerprint density at radius 3 is 2.23 bits per heavy atom. The second kappa shape index (κ2) is 9.56. The van der Waals surface area contributed by atoms with Crippen LogP contribution in [0.15, 0.2) is 79.0 Å². The third-order valence-electron chi connectivity index (χ3n) is 5.92. The number of rotatable bonds is 5. The zero-order chi connectivity index (χ0) is 21.6. The fraction of sp³-hybridized carbons (Fsp3) is 0.269. The largest absolute Gasteiger partial charge is 0.343 e. The Hall–Kier alpha value is -3.47. The minimum absolute atomic E-state index is 0.0192. The van der Waals surface area contributed by atoms with Crippen molar-refractivity contribution in [3.8, 4) is 0 Å². The monoisotopic (exact) mass is 413 g/mol. The number of benzene rings is 2. The second-order valence-corrected chi connectivity index (χ2v) is 7.99. The highest BCUT2D eigenvalue weighted by molar-refractivity contribution is 5.94. The van der Waals surface area contributed by atoms with Crippen molar-refractivity contribution in [3.05, 3.63) is 101 Å². The second-order valence-electron chi connectivity index (χ2n) is 7.99. The maximum Gasteiger partial charge on any atom is 0.253 e. The number of nitrogens with zero attached hydrogens (tertiary/aromatic N) is 2. The van der Waals surface area contributed by atoms with E-state index in [1.165, 1.54) is 0 Å². The van der Waals surface area contributed by atoms with E-state index in [0.29, 0.717) is 31.5 Å². The molecule has 1 aliphatic rings. The molecule has 1 aromatic heterocycles. The van der Waals surface area contributed by atoms with Crippen molar-refractivity contribution < 1.29 is 9.59 Å². The molecule has 0 bridgehead atoms. The lowest BCUT2D eigenvalue weighted by Gasteiger charge is -2.32. The van der Waals surface area contributed by atoms with Gasteiger partial charge in [-0.05, 0) is 49.1 Å². The topological polar surface area (TPSA) is 62.3 Å². The molecule has 0 radical (unpaired) electrons. The molecule has 158 valence electrons. The number of carbonyl (C=O) groups is 2. The summed E-state index contributed by atoms with van der Waals surface area (Å²) in [4.78, 5) is 32.2. The smallest absolute Gasteiger partial charge is 0.253 e. The normalized spacial score (nSPS) is 15.3. The van der Waals surface area contributed by atoms with Gasteiger partial charge < -0.3 is 10.2 Å². The number of hydrogen-bond donors (Lipinski definition) is 1. The van der Waals surface area contributed by atoms with Gasteiger partial charge in [0.25, 0.3) is 5.91 Å². The number of carbonyl (C=O) groups excluding carboxylic acids is 2. The molecular formula is C26H27N3O2. The van der Waals surface area contributed by atoms with Crippen LogP contribution in [0.5, 0.6) is 0 Å². The van der Waals surface area contributed by atoms with Gasteiger partial charge in [0.05, 0.1) is 11.7 Å². The molecular weight excluding hydrogens is 386 g/mol. The average Bonchev–Trinajstić information content (AvgIpc) is 2.84. The number of nitrogens with one attached hydrogen (secondary N) is 1.